The average molecular weight is 263 g/mol. The molecule has 3 nitrogen and oxygen atoms in total. The average Bonchev–Trinajstić information content (AvgIpc) is 2.37. The molecule has 1 aromatic carbocycles. The zero-order valence-corrected chi connectivity index (χ0v) is 10.9. The standard InChI is InChI=1S/C13H14FN3S/c1-9-6-16-13(17-7-9)18-8-11-2-10(5-15)3-12(14)4-11/h2-4,6-7H,5,8,15H2,1H3. The van der Waals surface area contributed by atoms with Crippen molar-refractivity contribution in [2.75, 3.05) is 0 Å². The monoisotopic (exact) mass is 263 g/mol. The molecule has 0 atom stereocenters. The van der Waals surface area contributed by atoms with Crippen molar-refractivity contribution in [2.45, 2.75) is 24.4 Å². The number of halogens is 1. The number of benzene rings is 1. The van der Waals surface area contributed by atoms with E-state index in [0.29, 0.717) is 17.5 Å². The number of nitrogens with two attached hydrogens (primary N) is 1. The third-order valence-electron chi connectivity index (χ3n) is 2.38. The van der Waals surface area contributed by atoms with E-state index in [1.165, 1.54) is 23.9 Å². The van der Waals surface area contributed by atoms with Crippen molar-refractivity contribution in [3.63, 3.8) is 0 Å². The Balaban J connectivity index is 2.05. The highest BCUT2D eigenvalue weighted by Crippen LogP contribution is 2.20. The summed E-state index contributed by atoms with van der Waals surface area (Å²) >= 11 is 1.48. The van der Waals surface area contributed by atoms with Gasteiger partial charge >= 0.3 is 0 Å². The molecule has 1 heterocycles. The van der Waals surface area contributed by atoms with Crippen LogP contribution in [0.15, 0.2) is 35.7 Å². The molecule has 0 aliphatic rings. The van der Waals surface area contributed by atoms with E-state index in [2.05, 4.69) is 9.97 Å². The van der Waals surface area contributed by atoms with Crippen molar-refractivity contribution in [1.82, 2.24) is 9.97 Å². The number of rotatable bonds is 4. The SMILES string of the molecule is Cc1cnc(SCc2cc(F)cc(CN)c2)nc1. The van der Waals surface area contributed by atoms with Crippen LogP contribution in [-0.4, -0.2) is 9.97 Å². The highest BCUT2D eigenvalue weighted by molar-refractivity contribution is 7.98. The summed E-state index contributed by atoms with van der Waals surface area (Å²) in [5.74, 6) is 0.381. The minimum absolute atomic E-state index is 0.252. The molecule has 2 N–H and O–H groups in total. The number of hydrogen-bond acceptors (Lipinski definition) is 4. The fourth-order valence-electron chi connectivity index (χ4n) is 1.52. The van der Waals surface area contributed by atoms with E-state index in [9.17, 15) is 4.39 Å². The topological polar surface area (TPSA) is 51.8 Å². The third-order valence-corrected chi connectivity index (χ3v) is 3.32. The quantitative estimate of drug-likeness (QED) is 0.680. The number of thioether (sulfide) groups is 1. The fraction of sp³-hybridized carbons (Fsp3) is 0.231. The van der Waals surface area contributed by atoms with Gasteiger partial charge in [-0.25, -0.2) is 14.4 Å². The molecule has 0 radical (unpaired) electrons. The van der Waals surface area contributed by atoms with E-state index < -0.39 is 0 Å². The normalized spacial score (nSPS) is 10.6. The summed E-state index contributed by atoms with van der Waals surface area (Å²) in [4.78, 5) is 8.38. The Morgan fingerprint density at radius 2 is 1.83 bits per heavy atom. The summed E-state index contributed by atoms with van der Waals surface area (Å²) in [7, 11) is 0. The van der Waals surface area contributed by atoms with Crippen LogP contribution in [0.25, 0.3) is 0 Å². The summed E-state index contributed by atoms with van der Waals surface area (Å²) in [6.07, 6.45) is 3.54. The first-order valence-corrected chi connectivity index (χ1v) is 6.56. The summed E-state index contributed by atoms with van der Waals surface area (Å²) < 4.78 is 13.3. The van der Waals surface area contributed by atoms with E-state index in [1.54, 1.807) is 12.4 Å². The lowest BCUT2D eigenvalue weighted by Gasteiger charge is -2.04. The highest BCUT2D eigenvalue weighted by Gasteiger charge is 2.03. The number of aromatic nitrogens is 2. The van der Waals surface area contributed by atoms with Gasteiger partial charge in [0.15, 0.2) is 5.16 Å². The fourth-order valence-corrected chi connectivity index (χ4v) is 2.24. The van der Waals surface area contributed by atoms with Gasteiger partial charge in [-0.2, -0.15) is 0 Å². The largest absolute Gasteiger partial charge is 0.326 e. The predicted molar refractivity (Wildman–Crippen MR) is 70.6 cm³/mol. The van der Waals surface area contributed by atoms with E-state index in [4.69, 9.17) is 5.73 Å². The lowest BCUT2D eigenvalue weighted by Crippen LogP contribution is -1.98. The Kier molecular flexibility index (Phi) is 4.28. The molecule has 5 heteroatoms. The Bertz CT molecular complexity index is 528. The van der Waals surface area contributed by atoms with Crippen LogP contribution in [0, 0.1) is 12.7 Å². The molecule has 18 heavy (non-hydrogen) atoms. The maximum Gasteiger partial charge on any atom is 0.187 e. The zero-order chi connectivity index (χ0) is 13.0. The Labute approximate surface area is 110 Å². The van der Waals surface area contributed by atoms with E-state index in [1.807, 2.05) is 13.0 Å². The van der Waals surface area contributed by atoms with Gasteiger partial charge in [0.1, 0.15) is 5.82 Å². The summed E-state index contributed by atoms with van der Waals surface area (Å²) in [5, 5.41) is 0.694. The smallest absolute Gasteiger partial charge is 0.187 e. The molecular weight excluding hydrogens is 249 g/mol. The minimum atomic E-state index is -0.252. The molecule has 0 unspecified atom stereocenters. The molecule has 0 aliphatic carbocycles. The Morgan fingerprint density at radius 3 is 2.50 bits per heavy atom. The van der Waals surface area contributed by atoms with Gasteiger partial charge in [0.05, 0.1) is 0 Å². The molecule has 0 amide bonds. The molecule has 1 aromatic heterocycles. The first-order chi connectivity index (χ1) is 8.67. The van der Waals surface area contributed by atoms with Crippen molar-refractivity contribution in [3.05, 3.63) is 53.1 Å². The molecule has 0 saturated heterocycles. The van der Waals surface area contributed by atoms with Crippen LogP contribution in [0.1, 0.15) is 16.7 Å². The van der Waals surface area contributed by atoms with Gasteiger partial charge in [0.25, 0.3) is 0 Å². The maximum absolute atomic E-state index is 13.3. The van der Waals surface area contributed by atoms with Gasteiger partial charge in [-0.15, -0.1) is 0 Å². The van der Waals surface area contributed by atoms with Gasteiger partial charge in [-0.05, 0) is 35.7 Å². The first kappa shape index (κ1) is 13.0. The number of nitrogens with zero attached hydrogens (tertiary/aromatic N) is 2. The molecule has 0 fully saturated rings. The number of hydrogen-bond donors (Lipinski definition) is 1. The zero-order valence-electron chi connectivity index (χ0n) is 10.1. The first-order valence-electron chi connectivity index (χ1n) is 5.57. The van der Waals surface area contributed by atoms with Crippen molar-refractivity contribution < 1.29 is 4.39 Å². The van der Waals surface area contributed by atoms with Gasteiger partial charge < -0.3 is 5.73 Å². The second-order valence-electron chi connectivity index (χ2n) is 4.00. The second kappa shape index (κ2) is 5.93. The molecule has 94 valence electrons. The molecule has 0 spiro atoms. The van der Waals surface area contributed by atoms with E-state index >= 15 is 0 Å². The van der Waals surface area contributed by atoms with Crippen LogP contribution < -0.4 is 5.73 Å². The molecule has 0 aliphatic heterocycles. The van der Waals surface area contributed by atoms with Crippen LogP contribution in [0.5, 0.6) is 0 Å². The summed E-state index contributed by atoms with van der Waals surface area (Å²) in [5.41, 5.74) is 8.23. The third kappa shape index (κ3) is 3.51. The van der Waals surface area contributed by atoms with Crippen LogP contribution >= 0.6 is 11.8 Å². The van der Waals surface area contributed by atoms with Gasteiger partial charge in [-0.1, -0.05) is 17.8 Å². The molecule has 2 aromatic rings. The summed E-state index contributed by atoms with van der Waals surface area (Å²) in [6.45, 7) is 2.28. The van der Waals surface area contributed by atoms with Crippen LogP contribution in [0.3, 0.4) is 0 Å². The van der Waals surface area contributed by atoms with Gasteiger partial charge in [-0.3, -0.25) is 0 Å². The van der Waals surface area contributed by atoms with E-state index in [-0.39, 0.29) is 5.82 Å². The molecule has 0 bridgehead atoms. The Morgan fingerprint density at radius 1 is 1.17 bits per heavy atom. The van der Waals surface area contributed by atoms with Crippen molar-refractivity contribution in [2.24, 2.45) is 5.73 Å². The van der Waals surface area contributed by atoms with Crippen molar-refractivity contribution in [1.29, 1.82) is 0 Å². The maximum atomic E-state index is 13.3. The lowest BCUT2D eigenvalue weighted by atomic mass is 10.1. The van der Waals surface area contributed by atoms with Gasteiger partial charge in [0, 0.05) is 24.7 Å². The van der Waals surface area contributed by atoms with Crippen LogP contribution in [0.2, 0.25) is 0 Å². The number of aryl methyl sites for hydroxylation is 1. The lowest BCUT2D eigenvalue weighted by molar-refractivity contribution is 0.624. The minimum Gasteiger partial charge on any atom is -0.326 e. The summed E-state index contributed by atoms with van der Waals surface area (Å²) in [6, 6.07) is 4.88. The predicted octanol–water partition coefficient (Wildman–Crippen LogP) is 2.68. The Hall–Kier alpha value is -1.46. The van der Waals surface area contributed by atoms with Crippen LogP contribution in [-0.2, 0) is 12.3 Å². The van der Waals surface area contributed by atoms with Crippen molar-refractivity contribution >= 4 is 11.8 Å². The molecular formula is C13H14FN3S. The highest BCUT2D eigenvalue weighted by atomic mass is 32.2. The second-order valence-corrected chi connectivity index (χ2v) is 4.95. The van der Waals surface area contributed by atoms with Gasteiger partial charge in [0.2, 0.25) is 0 Å². The molecule has 0 saturated carbocycles. The van der Waals surface area contributed by atoms with E-state index in [0.717, 1.165) is 16.7 Å². The van der Waals surface area contributed by atoms with Crippen LogP contribution in [0.4, 0.5) is 4.39 Å². The van der Waals surface area contributed by atoms with Crippen molar-refractivity contribution in [3.8, 4) is 0 Å². The molecule has 2 rings (SSSR count).